The maximum Gasteiger partial charge on any atom is 0.129 e. The van der Waals surface area contributed by atoms with Crippen LogP contribution in [0.25, 0.3) is 0 Å². The summed E-state index contributed by atoms with van der Waals surface area (Å²) in [6, 6.07) is 8.06. The van der Waals surface area contributed by atoms with Crippen LogP contribution in [0.1, 0.15) is 38.2 Å². The van der Waals surface area contributed by atoms with Crippen LogP contribution in [0.5, 0.6) is 5.75 Å². The molecule has 82 valence electrons. The van der Waals surface area contributed by atoms with Crippen molar-refractivity contribution in [2.45, 2.75) is 39.5 Å². The van der Waals surface area contributed by atoms with Crippen molar-refractivity contribution in [1.82, 2.24) is 0 Å². The Morgan fingerprint density at radius 3 is 2.73 bits per heavy atom. The van der Waals surface area contributed by atoms with Gasteiger partial charge in [0.15, 0.2) is 0 Å². The molecule has 0 saturated carbocycles. The molecular weight excluding hydrogens is 184 g/mol. The third kappa shape index (κ3) is 4.68. The third-order valence-corrected chi connectivity index (χ3v) is 2.36. The summed E-state index contributed by atoms with van der Waals surface area (Å²) >= 11 is 0. The van der Waals surface area contributed by atoms with Crippen molar-refractivity contribution in [3.05, 3.63) is 42.2 Å². The van der Waals surface area contributed by atoms with Crippen LogP contribution in [0.3, 0.4) is 0 Å². The molecule has 1 heteroatoms. The Kier molecular flexibility index (Phi) is 5.60. The Morgan fingerprint density at radius 1 is 1.20 bits per heavy atom. The predicted molar refractivity (Wildman–Crippen MR) is 65.1 cm³/mol. The summed E-state index contributed by atoms with van der Waals surface area (Å²) in [5.41, 5.74) is 1.18. The molecule has 0 aromatic heterocycles. The van der Waals surface area contributed by atoms with Crippen LogP contribution in [0.15, 0.2) is 36.6 Å². The Morgan fingerprint density at radius 2 is 2.00 bits per heavy atom. The third-order valence-electron chi connectivity index (χ3n) is 2.36. The van der Waals surface area contributed by atoms with E-state index in [0.29, 0.717) is 0 Å². The topological polar surface area (TPSA) is 9.23 Å². The van der Waals surface area contributed by atoms with E-state index in [0.717, 1.165) is 12.2 Å². The van der Waals surface area contributed by atoms with Crippen molar-refractivity contribution in [1.29, 1.82) is 0 Å². The van der Waals surface area contributed by atoms with Gasteiger partial charge in [-0.15, -0.1) is 0 Å². The van der Waals surface area contributed by atoms with Crippen molar-refractivity contribution < 1.29 is 4.74 Å². The predicted octanol–water partition coefficient (Wildman–Crippen LogP) is 4.47. The van der Waals surface area contributed by atoms with Crippen LogP contribution in [0.4, 0.5) is 0 Å². The first-order chi connectivity index (χ1) is 7.34. The quantitative estimate of drug-likeness (QED) is 0.491. The zero-order valence-electron chi connectivity index (χ0n) is 9.70. The van der Waals surface area contributed by atoms with Crippen molar-refractivity contribution in [2.75, 3.05) is 0 Å². The highest BCUT2D eigenvalue weighted by Gasteiger charge is 1.93. The molecule has 0 aliphatic carbocycles. The minimum Gasteiger partial charge on any atom is -0.465 e. The summed E-state index contributed by atoms with van der Waals surface area (Å²) in [7, 11) is 0. The number of hydrogen-bond donors (Lipinski definition) is 0. The SMILES string of the molecule is CCCCCC=COc1ccccc1C. The number of unbranched alkanes of at least 4 members (excludes halogenated alkanes) is 3. The van der Waals surface area contributed by atoms with E-state index in [1.54, 1.807) is 6.26 Å². The molecule has 1 nitrogen and oxygen atoms in total. The number of benzene rings is 1. The van der Waals surface area contributed by atoms with Gasteiger partial charge in [-0.05, 0) is 37.5 Å². The zero-order valence-corrected chi connectivity index (χ0v) is 9.70. The Balaban J connectivity index is 2.28. The normalized spacial score (nSPS) is 10.8. The molecule has 0 atom stereocenters. The number of para-hydroxylation sites is 1. The van der Waals surface area contributed by atoms with Crippen molar-refractivity contribution in [3.8, 4) is 5.75 Å². The molecule has 15 heavy (non-hydrogen) atoms. The van der Waals surface area contributed by atoms with Crippen LogP contribution in [-0.4, -0.2) is 0 Å². The van der Waals surface area contributed by atoms with Crippen molar-refractivity contribution in [3.63, 3.8) is 0 Å². The number of ether oxygens (including phenoxy) is 1. The molecule has 1 aromatic rings. The molecule has 1 rings (SSSR count). The van der Waals surface area contributed by atoms with Crippen LogP contribution >= 0.6 is 0 Å². The molecule has 0 saturated heterocycles. The second-order valence-electron chi connectivity index (χ2n) is 3.75. The second kappa shape index (κ2) is 7.10. The second-order valence-corrected chi connectivity index (χ2v) is 3.75. The van der Waals surface area contributed by atoms with Crippen LogP contribution < -0.4 is 4.74 Å². The van der Waals surface area contributed by atoms with Gasteiger partial charge in [-0.25, -0.2) is 0 Å². The Hall–Kier alpha value is -1.24. The van der Waals surface area contributed by atoms with Crippen LogP contribution in [0, 0.1) is 6.92 Å². The molecular formula is C14H20O. The lowest BCUT2D eigenvalue weighted by Gasteiger charge is -2.02. The van der Waals surface area contributed by atoms with E-state index < -0.39 is 0 Å². The first-order valence-electron chi connectivity index (χ1n) is 5.72. The molecule has 0 aliphatic rings. The van der Waals surface area contributed by atoms with E-state index in [-0.39, 0.29) is 0 Å². The molecule has 0 aliphatic heterocycles. The summed E-state index contributed by atoms with van der Waals surface area (Å²) in [4.78, 5) is 0. The largest absolute Gasteiger partial charge is 0.465 e. The highest BCUT2D eigenvalue weighted by atomic mass is 16.5. The van der Waals surface area contributed by atoms with E-state index in [1.165, 1.54) is 24.8 Å². The van der Waals surface area contributed by atoms with Crippen LogP contribution in [0.2, 0.25) is 0 Å². The van der Waals surface area contributed by atoms with Gasteiger partial charge in [0.2, 0.25) is 0 Å². The van der Waals surface area contributed by atoms with E-state index >= 15 is 0 Å². The molecule has 0 fully saturated rings. The lowest BCUT2D eigenvalue weighted by atomic mass is 10.2. The number of aryl methyl sites for hydroxylation is 1. The molecule has 0 N–H and O–H groups in total. The summed E-state index contributed by atoms with van der Waals surface area (Å²) in [5, 5.41) is 0. The molecule has 0 spiro atoms. The summed E-state index contributed by atoms with van der Waals surface area (Å²) in [5.74, 6) is 0.948. The van der Waals surface area contributed by atoms with Gasteiger partial charge >= 0.3 is 0 Å². The van der Waals surface area contributed by atoms with Gasteiger partial charge in [0.05, 0.1) is 6.26 Å². The monoisotopic (exact) mass is 204 g/mol. The van der Waals surface area contributed by atoms with Gasteiger partial charge in [-0.3, -0.25) is 0 Å². The fraction of sp³-hybridized carbons (Fsp3) is 0.429. The molecule has 0 amide bonds. The first-order valence-corrected chi connectivity index (χ1v) is 5.72. The number of allylic oxidation sites excluding steroid dienone is 1. The molecule has 0 bridgehead atoms. The lowest BCUT2D eigenvalue weighted by molar-refractivity contribution is 0.474. The van der Waals surface area contributed by atoms with Gasteiger partial charge in [-0.2, -0.15) is 0 Å². The number of rotatable bonds is 6. The molecule has 1 aromatic carbocycles. The van der Waals surface area contributed by atoms with E-state index in [4.69, 9.17) is 4.74 Å². The van der Waals surface area contributed by atoms with Crippen molar-refractivity contribution >= 4 is 0 Å². The Labute approximate surface area is 92.8 Å². The fourth-order valence-electron chi connectivity index (χ4n) is 1.39. The minimum atomic E-state index is 0.948. The standard InChI is InChI=1S/C14H20O/c1-3-4-5-6-9-12-15-14-11-8-7-10-13(14)2/h7-12H,3-6H2,1-2H3. The first kappa shape index (κ1) is 11.8. The highest BCUT2D eigenvalue weighted by molar-refractivity contribution is 5.32. The fourth-order valence-corrected chi connectivity index (χ4v) is 1.39. The minimum absolute atomic E-state index is 0.948. The van der Waals surface area contributed by atoms with Gasteiger partial charge in [0.1, 0.15) is 5.75 Å². The van der Waals surface area contributed by atoms with Gasteiger partial charge < -0.3 is 4.74 Å². The summed E-state index contributed by atoms with van der Waals surface area (Å²) in [6.45, 7) is 4.27. The molecule has 0 unspecified atom stereocenters. The lowest BCUT2D eigenvalue weighted by Crippen LogP contribution is -1.85. The average Bonchev–Trinajstić information content (AvgIpc) is 2.25. The number of hydrogen-bond acceptors (Lipinski definition) is 1. The van der Waals surface area contributed by atoms with Gasteiger partial charge in [0, 0.05) is 0 Å². The maximum atomic E-state index is 5.54. The highest BCUT2D eigenvalue weighted by Crippen LogP contribution is 2.16. The Bertz CT molecular complexity index is 302. The summed E-state index contributed by atoms with van der Waals surface area (Å²) in [6.07, 6.45) is 8.84. The van der Waals surface area contributed by atoms with Crippen molar-refractivity contribution in [2.24, 2.45) is 0 Å². The maximum absolute atomic E-state index is 5.54. The average molecular weight is 204 g/mol. The smallest absolute Gasteiger partial charge is 0.129 e. The van der Waals surface area contributed by atoms with Gasteiger partial charge in [-0.1, -0.05) is 38.0 Å². The van der Waals surface area contributed by atoms with E-state index in [1.807, 2.05) is 18.2 Å². The van der Waals surface area contributed by atoms with Gasteiger partial charge in [0.25, 0.3) is 0 Å². The zero-order chi connectivity index (χ0) is 10.9. The summed E-state index contributed by atoms with van der Waals surface area (Å²) < 4.78 is 5.54. The van der Waals surface area contributed by atoms with E-state index in [9.17, 15) is 0 Å². The van der Waals surface area contributed by atoms with Crippen LogP contribution in [-0.2, 0) is 0 Å². The van der Waals surface area contributed by atoms with E-state index in [2.05, 4.69) is 26.0 Å². The molecule has 0 heterocycles. The molecule has 0 radical (unpaired) electrons.